The van der Waals surface area contributed by atoms with Gasteiger partial charge >= 0.3 is 0 Å². The van der Waals surface area contributed by atoms with Crippen LogP contribution in [0.15, 0.2) is 24.4 Å². The van der Waals surface area contributed by atoms with Gasteiger partial charge in [0.05, 0.1) is 11.3 Å². The maximum Gasteiger partial charge on any atom is 0.173 e. The number of aryl methyl sites for hydroxylation is 1. The number of rotatable bonds is 2. The van der Waals surface area contributed by atoms with E-state index in [-0.39, 0.29) is 0 Å². The Morgan fingerprint density at radius 1 is 1.29 bits per heavy atom. The SMILES string of the molecule is CNc1snc(C)c1-c1nnc2ccccn12. The molecule has 3 rings (SSSR count). The lowest BCUT2D eigenvalue weighted by molar-refractivity contribution is 1.10. The van der Waals surface area contributed by atoms with Crippen molar-refractivity contribution >= 4 is 22.2 Å². The fourth-order valence-corrected chi connectivity index (χ4v) is 2.56. The molecule has 0 bridgehead atoms. The van der Waals surface area contributed by atoms with Gasteiger partial charge in [-0.15, -0.1) is 10.2 Å². The van der Waals surface area contributed by atoms with Crippen molar-refractivity contribution in [1.29, 1.82) is 0 Å². The van der Waals surface area contributed by atoms with E-state index in [9.17, 15) is 0 Å². The Labute approximate surface area is 102 Å². The van der Waals surface area contributed by atoms with E-state index in [1.54, 1.807) is 0 Å². The van der Waals surface area contributed by atoms with Crippen molar-refractivity contribution in [2.45, 2.75) is 6.92 Å². The minimum atomic E-state index is 0.830. The van der Waals surface area contributed by atoms with Crippen molar-refractivity contribution in [3.05, 3.63) is 30.1 Å². The van der Waals surface area contributed by atoms with Gasteiger partial charge < -0.3 is 5.32 Å². The Morgan fingerprint density at radius 2 is 2.18 bits per heavy atom. The third kappa shape index (κ3) is 1.49. The molecule has 0 saturated carbocycles. The molecule has 0 saturated heterocycles. The summed E-state index contributed by atoms with van der Waals surface area (Å²) < 4.78 is 6.32. The molecule has 3 aromatic heterocycles. The van der Waals surface area contributed by atoms with E-state index >= 15 is 0 Å². The lowest BCUT2D eigenvalue weighted by Gasteiger charge is -2.01. The molecular formula is C11H11N5S. The van der Waals surface area contributed by atoms with E-state index < -0.39 is 0 Å². The van der Waals surface area contributed by atoms with Gasteiger partial charge in [0, 0.05) is 13.2 Å². The summed E-state index contributed by atoms with van der Waals surface area (Å²) in [5.74, 6) is 0.830. The molecule has 0 fully saturated rings. The largest absolute Gasteiger partial charge is 0.378 e. The van der Waals surface area contributed by atoms with Crippen LogP contribution in [-0.2, 0) is 0 Å². The highest BCUT2D eigenvalue weighted by Gasteiger charge is 2.17. The molecule has 0 atom stereocenters. The highest BCUT2D eigenvalue weighted by atomic mass is 32.1. The average molecular weight is 245 g/mol. The zero-order chi connectivity index (χ0) is 11.8. The molecule has 6 heteroatoms. The van der Waals surface area contributed by atoms with Crippen LogP contribution >= 0.6 is 11.5 Å². The Hall–Kier alpha value is -1.95. The van der Waals surface area contributed by atoms with E-state index in [4.69, 9.17) is 0 Å². The molecule has 3 heterocycles. The molecule has 17 heavy (non-hydrogen) atoms. The van der Waals surface area contributed by atoms with Crippen LogP contribution in [0.1, 0.15) is 5.69 Å². The number of fused-ring (bicyclic) bond motifs is 1. The van der Waals surface area contributed by atoms with Crippen LogP contribution in [0.2, 0.25) is 0 Å². The number of hydrogen-bond donors (Lipinski definition) is 1. The minimum absolute atomic E-state index is 0.830. The van der Waals surface area contributed by atoms with Crippen molar-refractivity contribution in [2.24, 2.45) is 0 Å². The Kier molecular flexibility index (Phi) is 2.29. The third-order valence-corrected chi connectivity index (χ3v) is 3.58. The molecule has 0 aliphatic rings. The van der Waals surface area contributed by atoms with Gasteiger partial charge in [-0.2, -0.15) is 4.37 Å². The Morgan fingerprint density at radius 3 is 3.00 bits per heavy atom. The summed E-state index contributed by atoms with van der Waals surface area (Å²) in [6.07, 6.45) is 1.96. The molecule has 0 radical (unpaired) electrons. The van der Waals surface area contributed by atoms with Crippen molar-refractivity contribution in [2.75, 3.05) is 12.4 Å². The van der Waals surface area contributed by atoms with Gasteiger partial charge in [-0.3, -0.25) is 4.40 Å². The van der Waals surface area contributed by atoms with Crippen molar-refractivity contribution in [1.82, 2.24) is 19.0 Å². The fourth-order valence-electron chi connectivity index (χ4n) is 1.82. The maximum atomic E-state index is 4.35. The molecule has 0 aromatic carbocycles. The summed E-state index contributed by atoms with van der Waals surface area (Å²) in [6.45, 7) is 1.98. The molecule has 0 aliphatic carbocycles. The summed E-state index contributed by atoms with van der Waals surface area (Å²) >= 11 is 1.44. The second kappa shape index (κ2) is 3.81. The van der Waals surface area contributed by atoms with E-state index in [1.807, 2.05) is 42.8 Å². The van der Waals surface area contributed by atoms with Gasteiger partial charge in [-0.1, -0.05) is 6.07 Å². The van der Waals surface area contributed by atoms with Crippen LogP contribution < -0.4 is 5.32 Å². The normalized spacial score (nSPS) is 10.9. The predicted molar refractivity (Wildman–Crippen MR) is 68.4 cm³/mol. The number of pyridine rings is 1. The van der Waals surface area contributed by atoms with Crippen molar-refractivity contribution in [3.63, 3.8) is 0 Å². The molecule has 1 N–H and O–H groups in total. The smallest absolute Gasteiger partial charge is 0.173 e. The van der Waals surface area contributed by atoms with Gasteiger partial charge in [-0.25, -0.2) is 0 Å². The van der Waals surface area contributed by atoms with Gasteiger partial charge in [0.15, 0.2) is 11.5 Å². The lowest BCUT2D eigenvalue weighted by Crippen LogP contribution is -1.93. The Bertz CT molecular complexity index is 669. The first-order valence-corrected chi connectivity index (χ1v) is 6.03. The molecule has 0 unspecified atom stereocenters. The topological polar surface area (TPSA) is 55.1 Å². The summed E-state index contributed by atoms with van der Waals surface area (Å²) in [6, 6.07) is 5.85. The standard InChI is InChI=1S/C11H11N5S/c1-7-9(11(12-2)17-15-7)10-14-13-8-5-3-4-6-16(8)10/h3-6,12H,1-2H3. The van der Waals surface area contributed by atoms with E-state index in [2.05, 4.69) is 19.9 Å². The number of nitrogens with zero attached hydrogens (tertiary/aromatic N) is 4. The monoisotopic (exact) mass is 245 g/mol. The quantitative estimate of drug-likeness (QED) is 0.752. The molecule has 0 spiro atoms. The van der Waals surface area contributed by atoms with Crippen LogP contribution in [0.25, 0.3) is 17.0 Å². The zero-order valence-electron chi connectivity index (χ0n) is 9.51. The van der Waals surface area contributed by atoms with E-state index in [1.165, 1.54) is 11.5 Å². The molecule has 0 amide bonds. The molecular weight excluding hydrogens is 234 g/mol. The molecule has 0 aliphatic heterocycles. The van der Waals surface area contributed by atoms with Crippen molar-refractivity contribution < 1.29 is 0 Å². The summed E-state index contributed by atoms with van der Waals surface area (Å²) in [4.78, 5) is 0. The number of anilines is 1. The van der Waals surface area contributed by atoms with Crippen LogP contribution in [0.5, 0.6) is 0 Å². The van der Waals surface area contributed by atoms with Crippen LogP contribution in [-0.4, -0.2) is 26.0 Å². The first-order chi connectivity index (χ1) is 8.31. The second-order valence-electron chi connectivity index (χ2n) is 3.67. The zero-order valence-corrected chi connectivity index (χ0v) is 10.3. The van der Waals surface area contributed by atoms with Crippen LogP contribution in [0.4, 0.5) is 5.00 Å². The van der Waals surface area contributed by atoms with Crippen molar-refractivity contribution in [3.8, 4) is 11.4 Å². The third-order valence-electron chi connectivity index (χ3n) is 2.63. The number of nitrogens with one attached hydrogen (secondary N) is 1. The number of aromatic nitrogens is 4. The first kappa shape index (κ1) is 10.2. The highest BCUT2D eigenvalue weighted by Crippen LogP contribution is 2.33. The van der Waals surface area contributed by atoms with Crippen LogP contribution in [0.3, 0.4) is 0 Å². The summed E-state index contributed by atoms with van der Waals surface area (Å²) in [5, 5.41) is 12.6. The lowest BCUT2D eigenvalue weighted by atomic mass is 10.2. The maximum absolute atomic E-state index is 4.35. The average Bonchev–Trinajstić information content (AvgIpc) is 2.92. The summed E-state index contributed by atoms with van der Waals surface area (Å²) in [5.41, 5.74) is 2.84. The van der Waals surface area contributed by atoms with Gasteiger partial charge in [0.1, 0.15) is 5.00 Å². The van der Waals surface area contributed by atoms with E-state index in [0.717, 1.165) is 27.7 Å². The van der Waals surface area contributed by atoms with E-state index in [0.29, 0.717) is 0 Å². The Balaban J connectivity index is 2.30. The van der Waals surface area contributed by atoms with Gasteiger partial charge in [-0.05, 0) is 30.6 Å². The van der Waals surface area contributed by atoms with Gasteiger partial charge in [0.2, 0.25) is 0 Å². The number of hydrogen-bond acceptors (Lipinski definition) is 5. The fraction of sp³-hybridized carbons (Fsp3) is 0.182. The molecule has 5 nitrogen and oxygen atoms in total. The van der Waals surface area contributed by atoms with Crippen LogP contribution in [0, 0.1) is 6.92 Å². The predicted octanol–water partition coefficient (Wildman–Crippen LogP) is 2.20. The molecule has 86 valence electrons. The van der Waals surface area contributed by atoms with Gasteiger partial charge in [0.25, 0.3) is 0 Å². The highest BCUT2D eigenvalue weighted by molar-refractivity contribution is 7.10. The first-order valence-electron chi connectivity index (χ1n) is 5.25. The minimum Gasteiger partial charge on any atom is -0.378 e. The second-order valence-corrected chi connectivity index (χ2v) is 4.45. The summed E-state index contributed by atoms with van der Waals surface area (Å²) in [7, 11) is 1.89. The molecule has 3 aromatic rings.